The minimum absolute atomic E-state index is 0. The number of hydrogen-bond donors (Lipinski definition) is 2. The molecular formula is C13H13ClN2O2. The Kier molecular flexibility index (Phi) is 3.50. The summed E-state index contributed by atoms with van der Waals surface area (Å²) in [6.45, 7) is 1.81. The number of ketones is 1. The summed E-state index contributed by atoms with van der Waals surface area (Å²) in [5.41, 5.74) is 3.39. The summed E-state index contributed by atoms with van der Waals surface area (Å²) >= 11 is 0. The highest BCUT2D eigenvalue weighted by Gasteiger charge is 2.28. The predicted octanol–water partition coefficient (Wildman–Crippen LogP) is 1.62. The van der Waals surface area contributed by atoms with E-state index in [0.717, 1.165) is 25.1 Å². The molecule has 1 amide bonds. The van der Waals surface area contributed by atoms with E-state index in [1.54, 1.807) is 6.07 Å². The Hall–Kier alpha value is -1.65. The first-order valence-electron chi connectivity index (χ1n) is 5.65. The van der Waals surface area contributed by atoms with Gasteiger partial charge in [0.05, 0.1) is 11.3 Å². The molecule has 0 atom stereocenters. The molecule has 2 N–H and O–H groups in total. The topological polar surface area (TPSA) is 58.2 Å². The molecule has 0 saturated carbocycles. The predicted molar refractivity (Wildman–Crippen MR) is 72.1 cm³/mol. The van der Waals surface area contributed by atoms with Crippen LogP contribution in [0.4, 0.5) is 5.69 Å². The van der Waals surface area contributed by atoms with Gasteiger partial charge < -0.3 is 10.6 Å². The summed E-state index contributed by atoms with van der Waals surface area (Å²) < 4.78 is 0. The van der Waals surface area contributed by atoms with E-state index in [-0.39, 0.29) is 12.4 Å². The van der Waals surface area contributed by atoms with Crippen molar-refractivity contribution in [1.82, 2.24) is 5.32 Å². The quantitative estimate of drug-likeness (QED) is 0.758. The van der Waals surface area contributed by atoms with E-state index in [2.05, 4.69) is 16.7 Å². The molecule has 0 aliphatic carbocycles. The summed E-state index contributed by atoms with van der Waals surface area (Å²) in [4.78, 5) is 22.8. The van der Waals surface area contributed by atoms with Gasteiger partial charge in [0.1, 0.15) is 0 Å². The Morgan fingerprint density at radius 3 is 2.72 bits per heavy atom. The number of fused-ring (bicyclic) bond motifs is 1. The zero-order valence-electron chi connectivity index (χ0n) is 9.66. The first-order chi connectivity index (χ1) is 8.25. The number of rotatable bonds is 1. The number of nitrogens with one attached hydrogen (secondary N) is 2. The molecule has 3 rings (SSSR count). The van der Waals surface area contributed by atoms with E-state index in [4.69, 9.17) is 0 Å². The van der Waals surface area contributed by atoms with E-state index in [0.29, 0.717) is 11.3 Å². The molecule has 0 aromatic heterocycles. The number of Topliss-reactive ketones (excluding diaryl/α,β-unsaturated/α-hetero) is 1. The first-order valence-corrected chi connectivity index (χ1v) is 5.65. The largest absolute Gasteiger partial charge is 0.318 e. The lowest BCUT2D eigenvalue weighted by atomic mass is 9.97. The molecule has 0 radical (unpaired) electrons. The second kappa shape index (κ2) is 4.92. The summed E-state index contributed by atoms with van der Waals surface area (Å²) in [6, 6.07) is 5.57. The Morgan fingerprint density at radius 2 is 2.00 bits per heavy atom. The summed E-state index contributed by atoms with van der Waals surface area (Å²) in [5.74, 6) is -0.965. The Morgan fingerprint density at radius 1 is 1.17 bits per heavy atom. The number of halogens is 1. The first kappa shape index (κ1) is 12.8. The highest BCUT2D eigenvalue weighted by molar-refractivity contribution is 6.51. The number of carbonyl (C=O) groups is 2. The number of anilines is 1. The number of benzene rings is 1. The van der Waals surface area contributed by atoms with Gasteiger partial charge in [0.25, 0.3) is 11.7 Å². The molecule has 0 saturated heterocycles. The van der Waals surface area contributed by atoms with Gasteiger partial charge in [-0.1, -0.05) is 12.1 Å². The molecule has 0 bridgehead atoms. The highest BCUT2D eigenvalue weighted by Crippen LogP contribution is 2.28. The zero-order valence-corrected chi connectivity index (χ0v) is 10.5. The fourth-order valence-electron chi connectivity index (χ4n) is 2.23. The van der Waals surface area contributed by atoms with Crippen LogP contribution >= 0.6 is 12.4 Å². The molecule has 5 heteroatoms. The SMILES string of the molecule is Cl.O=C1Nc2ccc(C3=CCNCC3)cc2C1=O. The van der Waals surface area contributed by atoms with Crippen molar-refractivity contribution in [2.75, 3.05) is 18.4 Å². The summed E-state index contributed by atoms with van der Waals surface area (Å²) in [6.07, 6.45) is 3.08. The molecule has 1 aromatic rings. The van der Waals surface area contributed by atoms with Crippen molar-refractivity contribution in [3.05, 3.63) is 35.4 Å². The molecular weight excluding hydrogens is 252 g/mol. The lowest BCUT2D eigenvalue weighted by molar-refractivity contribution is -0.112. The zero-order chi connectivity index (χ0) is 11.8. The van der Waals surface area contributed by atoms with Gasteiger partial charge in [-0.2, -0.15) is 0 Å². The molecule has 2 aliphatic heterocycles. The summed E-state index contributed by atoms with van der Waals surface area (Å²) in [7, 11) is 0. The van der Waals surface area contributed by atoms with Crippen LogP contribution in [0.5, 0.6) is 0 Å². The number of amides is 1. The molecule has 0 spiro atoms. The second-order valence-electron chi connectivity index (χ2n) is 4.23. The van der Waals surface area contributed by atoms with E-state index in [9.17, 15) is 9.59 Å². The third-order valence-corrected chi connectivity index (χ3v) is 3.15. The average molecular weight is 265 g/mol. The van der Waals surface area contributed by atoms with Gasteiger partial charge in [0.15, 0.2) is 0 Å². The average Bonchev–Trinajstić information content (AvgIpc) is 2.66. The van der Waals surface area contributed by atoms with Crippen molar-refractivity contribution in [3.63, 3.8) is 0 Å². The Labute approximate surface area is 111 Å². The standard InChI is InChI=1S/C13H12N2O2.ClH/c16-12-10-7-9(8-3-5-14-6-4-8)1-2-11(10)15-13(12)17;/h1-3,7,14H,4-6H2,(H,15,16,17);1H. The smallest absolute Gasteiger partial charge is 0.296 e. The van der Waals surface area contributed by atoms with Crippen LogP contribution in [0.25, 0.3) is 5.57 Å². The van der Waals surface area contributed by atoms with Crippen molar-refractivity contribution in [2.24, 2.45) is 0 Å². The van der Waals surface area contributed by atoms with Gasteiger partial charge in [-0.25, -0.2) is 0 Å². The van der Waals surface area contributed by atoms with Crippen LogP contribution < -0.4 is 10.6 Å². The Bertz CT molecular complexity index is 552. The second-order valence-corrected chi connectivity index (χ2v) is 4.23. The Balaban J connectivity index is 0.00000120. The number of carbonyl (C=O) groups excluding carboxylic acids is 2. The third-order valence-electron chi connectivity index (χ3n) is 3.15. The third kappa shape index (κ3) is 2.05. The monoisotopic (exact) mass is 264 g/mol. The van der Waals surface area contributed by atoms with Gasteiger partial charge in [-0.3, -0.25) is 9.59 Å². The molecule has 94 valence electrons. The maximum absolute atomic E-state index is 11.6. The molecule has 18 heavy (non-hydrogen) atoms. The van der Waals surface area contributed by atoms with Crippen molar-refractivity contribution < 1.29 is 9.59 Å². The van der Waals surface area contributed by atoms with Crippen LogP contribution in [-0.4, -0.2) is 24.8 Å². The molecule has 0 fully saturated rings. The molecule has 2 heterocycles. The molecule has 0 unspecified atom stereocenters. The van der Waals surface area contributed by atoms with Gasteiger partial charge in [-0.15, -0.1) is 12.4 Å². The molecule has 1 aromatic carbocycles. The lowest BCUT2D eigenvalue weighted by Gasteiger charge is -2.14. The van der Waals surface area contributed by atoms with Gasteiger partial charge >= 0.3 is 0 Å². The van der Waals surface area contributed by atoms with Gasteiger partial charge in [-0.05, 0) is 36.2 Å². The van der Waals surface area contributed by atoms with E-state index < -0.39 is 11.7 Å². The number of hydrogen-bond acceptors (Lipinski definition) is 3. The molecule has 2 aliphatic rings. The fraction of sp³-hybridized carbons (Fsp3) is 0.231. The molecule has 4 nitrogen and oxygen atoms in total. The van der Waals surface area contributed by atoms with Crippen LogP contribution in [0.15, 0.2) is 24.3 Å². The lowest BCUT2D eigenvalue weighted by Crippen LogP contribution is -2.20. The van der Waals surface area contributed by atoms with Crippen molar-refractivity contribution in [2.45, 2.75) is 6.42 Å². The van der Waals surface area contributed by atoms with Crippen molar-refractivity contribution in [3.8, 4) is 0 Å². The van der Waals surface area contributed by atoms with Gasteiger partial charge in [0.2, 0.25) is 0 Å². The van der Waals surface area contributed by atoms with Crippen molar-refractivity contribution in [1.29, 1.82) is 0 Å². The van der Waals surface area contributed by atoms with Crippen LogP contribution in [0.3, 0.4) is 0 Å². The van der Waals surface area contributed by atoms with E-state index >= 15 is 0 Å². The normalized spacial score (nSPS) is 17.7. The summed E-state index contributed by atoms with van der Waals surface area (Å²) in [5, 5.41) is 5.80. The fourth-order valence-corrected chi connectivity index (χ4v) is 2.23. The van der Waals surface area contributed by atoms with Crippen LogP contribution in [0.2, 0.25) is 0 Å². The van der Waals surface area contributed by atoms with Crippen molar-refractivity contribution >= 4 is 35.4 Å². The van der Waals surface area contributed by atoms with Crippen LogP contribution in [0.1, 0.15) is 22.3 Å². The minimum atomic E-state index is -0.531. The van der Waals surface area contributed by atoms with E-state index in [1.165, 1.54) is 5.57 Å². The van der Waals surface area contributed by atoms with Crippen LogP contribution in [0, 0.1) is 0 Å². The highest BCUT2D eigenvalue weighted by atomic mass is 35.5. The van der Waals surface area contributed by atoms with Gasteiger partial charge in [0, 0.05) is 6.54 Å². The van der Waals surface area contributed by atoms with Crippen LogP contribution in [-0.2, 0) is 4.79 Å². The minimum Gasteiger partial charge on any atom is -0.318 e. The maximum atomic E-state index is 11.6. The van der Waals surface area contributed by atoms with E-state index in [1.807, 2.05) is 12.1 Å². The maximum Gasteiger partial charge on any atom is 0.296 e.